The molecule has 0 aromatic heterocycles. The molecule has 3 aromatic carbocycles. The number of hydrogen-bond donors (Lipinski definition) is 1. The molecule has 1 N–H and O–H groups in total. The molecular formula is C29H25BrCl2N2O5S. The van der Waals surface area contributed by atoms with Gasteiger partial charge >= 0.3 is 0 Å². The van der Waals surface area contributed by atoms with Gasteiger partial charge in [0.15, 0.2) is 11.5 Å². The Hall–Kier alpha value is -2.98. The smallest absolute Gasteiger partial charge is 0.294 e. The summed E-state index contributed by atoms with van der Waals surface area (Å²) < 4.78 is 12.4. The number of thioether (sulfide) groups is 1. The van der Waals surface area contributed by atoms with Crippen LogP contribution in [0.25, 0.3) is 6.08 Å². The first-order valence-electron chi connectivity index (χ1n) is 12.2. The van der Waals surface area contributed by atoms with Crippen LogP contribution in [0, 0.1) is 13.8 Å². The molecule has 208 valence electrons. The maximum absolute atomic E-state index is 13.0. The predicted octanol–water partition coefficient (Wildman–Crippen LogP) is 8.03. The second-order valence-electron chi connectivity index (χ2n) is 8.90. The van der Waals surface area contributed by atoms with Gasteiger partial charge in [0.1, 0.15) is 13.2 Å². The summed E-state index contributed by atoms with van der Waals surface area (Å²) in [6.07, 6.45) is 1.58. The van der Waals surface area contributed by atoms with Crippen LogP contribution in [0.1, 0.15) is 29.2 Å². The number of benzene rings is 3. The van der Waals surface area contributed by atoms with E-state index >= 15 is 0 Å². The maximum atomic E-state index is 13.0. The van der Waals surface area contributed by atoms with Gasteiger partial charge in [0, 0.05) is 21.3 Å². The largest absolute Gasteiger partial charge is 0.490 e. The minimum atomic E-state index is -0.544. The third kappa shape index (κ3) is 7.20. The zero-order chi connectivity index (χ0) is 29.0. The minimum absolute atomic E-state index is 0.178. The van der Waals surface area contributed by atoms with E-state index in [1.165, 1.54) is 0 Å². The minimum Gasteiger partial charge on any atom is -0.490 e. The molecule has 0 spiro atoms. The number of ether oxygens (including phenoxy) is 2. The fraction of sp³-hybridized carbons (Fsp3) is 0.207. The van der Waals surface area contributed by atoms with Crippen LogP contribution in [0.2, 0.25) is 10.0 Å². The van der Waals surface area contributed by atoms with Gasteiger partial charge < -0.3 is 14.8 Å². The van der Waals surface area contributed by atoms with Gasteiger partial charge in [-0.2, -0.15) is 0 Å². The highest BCUT2D eigenvalue weighted by Crippen LogP contribution is 2.40. The van der Waals surface area contributed by atoms with Crippen LogP contribution in [0.5, 0.6) is 11.5 Å². The van der Waals surface area contributed by atoms with E-state index in [-0.39, 0.29) is 18.1 Å². The molecule has 11 heteroatoms. The Morgan fingerprint density at radius 2 is 1.82 bits per heavy atom. The lowest BCUT2D eigenvalue weighted by Gasteiger charge is -2.15. The molecule has 1 aliphatic heterocycles. The van der Waals surface area contributed by atoms with Gasteiger partial charge in [-0.1, -0.05) is 35.3 Å². The third-order valence-corrected chi connectivity index (χ3v) is 8.07. The van der Waals surface area contributed by atoms with Gasteiger partial charge in [-0.15, -0.1) is 0 Å². The van der Waals surface area contributed by atoms with Crippen LogP contribution in [0.15, 0.2) is 57.9 Å². The summed E-state index contributed by atoms with van der Waals surface area (Å²) >= 11 is 16.6. The zero-order valence-corrected chi connectivity index (χ0v) is 25.8. The number of halogens is 3. The number of rotatable bonds is 9. The summed E-state index contributed by atoms with van der Waals surface area (Å²) in [6, 6.07) is 14.1. The summed E-state index contributed by atoms with van der Waals surface area (Å²) in [4.78, 5) is 39.3. The fourth-order valence-electron chi connectivity index (χ4n) is 3.81. The summed E-state index contributed by atoms with van der Waals surface area (Å²) in [6.45, 7) is 5.92. The SMILES string of the molecule is CCOc1cc(/C=C2/SC(=O)N(CC(=O)Nc3ccc(C)c(C)c3)C2=O)cc(Br)c1OCc1ccc(Cl)cc1Cl. The second-order valence-corrected chi connectivity index (χ2v) is 11.6. The molecule has 0 atom stereocenters. The Morgan fingerprint density at radius 3 is 2.52 bits per heavy atom. The van der Waals surface area contributed by atoms with Crippen LogP contribution in [0.4, 0.5) is 10.5 Å². The van der Waals surface area contributed by atoms with Gasteiger partial charge in [0.25, 0.3) is 11.1 Å². The Morgan fingerprint density at radius 1 is 1.05 bits per heavy atom. The van der Waals surface area contributed by atoms with Crippen molar-refractivity contribution in [3.63, 3.8) is 0 Å². The highest BCUT2D eigenvalue weighted by molar-refractivity contribution is 9.10. The lowest BCUT2D eigenvalue weighted by molar-refractivity contribution is -0.127. The van der Waals surface area contributed by atoms with Gasteiger partial charge in [-0.05, 0) is 108 Å². The van der Waals surface area contributed by atoms with Crippen molar-refractivity contribution in [2.24, 2.45) is 0 Å². The van der Waals surface area contributed by atoms with Crippen molar-refractivity contribution in [2.45, 2.75) is 27.4 Å². The van der Waals surface area contributed by atoms with Gasteiger partial charge in [-0.3, -0.25) is 19.3 Å². The van der Waals surface area contributed by atoms with Crippen LogP contribution < -0.4 is 14.8 Å². The van der Waals surface area contributed by atoms with E-state index in [1.54, 1.807) is 42.5 Å². The number of nitrogens with one attached hydrogen (secondary N) is 1. The molecule has 0 unspecified atom stereocenters. The molecule has 0 aliphatic carbocycles. The molecule has 0 bridgehead atoms. The van der Waals surface area contributed by atoms with E-state index in [4.69, 9.17) is 32.7 Å². The van der Waals surface area contributed by atoms with Gasteiger partial charge in [0.2, 0.25) is 5.91 Å². The second kappa shape index (κ2) is 13.1. The maximum Gasteiger partial charge on any atom is 0.294 e. The average molecular weight is 664 g/mol. The van der Waals surface area contributed by atoms with Crippen molar-refractivity contribution >= 4 is 79.7 Å². The first kappa shape index (κ1) is 30.0. The summed E-state index contributed by atoms with van der Waals surface area (Å²) in [5, 5.41) is 3.24. The molecule has 3 amide bonds. The molecule has 1 aliphatic rings. The zero-order valence-electron chi connectivity index (χ0n) is 21.8. The van der Waals surface area contributed by atoms with E-state index in [9.17, 15) is 14.4 Å². The molecule has 40 heavy (non-hydrogen) atoms. The summed E-state index contributed by atoms with van der Waals surface area (Å²) in [5.74, 6) is -0.103. The normalized spacial score (nSPS) is 14.2. The first-order chi connectivity index (χ1) is 19.0. The van der Waals surface area contributed by atoms with Crippen LogP contribution in [-0.2, 0) is 16.2 Å². The number of amides is 3. The summed E-state index contributed by atoms with van der Waals surface area (Å²) in [5.41, 5.74) is 4.08. The molecule has 1 saturated heterocycles. The van der Waals surface area contributed by atoms with Crippen molar-refractivity contribution < 1.29 is 23.9 Å². The molecular weight excluding hydrogens is 639 g/mol. The van der Waals surface area contributed by atoms with Crippen LogP contribution in [-0.4, -0.2) is 35.1 Å². The van der Waals surface area contributed by atoms with Crippen molar-refractivity contribution in [2.75, 3.05) is 18.5 Å². The number of anilines is 1. The van der Waals surface area contributed by atoms with Crippen LogP contribution in [0.3, 0.4) is 0 Å². The Labute approximate surface area is 254 Å². The quantitative estimate of drug-likeness (QED) is 0.233. The topological polar surface area (TPSA) is 84.9 Å². The molecule has 3 aromatic rings. The van der Waals surface area contributed by atoms with Gasteiger partial charge in [-0.25, -0.2) is 0 Å². The number of imide groups is 1. The molecule has 1 fully saturated rings. The van der Waals surface area contributed by atoms with Crippen molar-refractivity contribution in [3.05, 3.63) is 90.2 Å². The number of carbonyl (C=O) groups excluding carboxylic acids is 3. The molecule has 7 nitrogen and oxygen atoms in total. The van der Waals surface area contributed by atoms with E-state index in [0.29, 0.717) is 43.9 Å². The van der Waals surface area contributed by atoms with Crippen LogP contribution >= 0.6 is 50.9 Å². The number of nitrogens with zero attached hydrogens (tertiary/aromatic N) is 1. The van der Waals surface area contributed by atoms with Gasteiger partial charge in [0.05, 0.1) is 16.0 Å². The van der Waals surface area contributed by atoms with Crippen molar-refractivity contribution in [1.29, 1.82) is 0 Å². The van der Waals surface area contributed by atoms with E-state index in [2.05, 4.69) is 21.2 Å². The summed E-state index contributed by atoms with van der Waals surface area (Å²) in [7, 11) is 0. The lowest BCUT2D eigenvalue weighted by Crippen LogP contribution is -2.36. The lowest BCUT2D eigenvalue weighted by atomic mass is 10.1. The highest BCUT2D eigenvalue weighted by atomic mass is 79.9. The fourth-order valence-corrected chi connectivity index (χ4v) is 5.69. The number of carbonyl (C=O) groups is 3. The molecule has 4 rings (SSSR count). The molecule has 0 saturated carbocycles. The highest BCUT2D eigenvalue weighted by Gasteiger charge is 2.36. The Balaban J connectivity index is 1.49. The third-order valence-electron chi connectivity index (χ3n) is 5.98. The number of aryl methyl sites for hydroxylation is 2. The van der Waals surface area contributed by atoms with Crippen molar-refractivity contribution in [3.8, 4) is 11.5 Å². The van der Waals surface area contributed by atoms with E-state index in [0.717, 1.165) is 33.4 Å². The monoisotopic (exact) mass is 662 g/mol. The Bertz CT molecular complexity index is 1530. The standard InChI is InChI=1S/C29H25BrCl2N2O5S/c1-4-38-24-11-18(10-22(30)27(24)39-15-19-6-7-20(31)13-23(19)32)12-25-28(36)34(29(37)40-25)14-26(35)33-21-8-5-16(2)17(3)9-21/h5-13H,4,14-15H2,1-3H3,(H,33,35)/b25-12+. The van der Waals surface area contributed by atoms with Crippen molar-refractivity contribution in [1.82, 2.24) is 4.90 Å². The molecule has 0 radical (unpaired) electrons. The molecule has 1 heterocycles. The first-order valence-corrected chi connectivity index (χ1v) is 14.6. The number of hydrogen-bond acceptors (Lipinski definition) is 6. The van der Waals surface area contributed by atoms with E-state index in [1.807, 2.05) is 32.9 Å². The Kier molecular flexibility index (Phi) is 9.84. The van der Waals surface area contributed by atoms with E-state index < -0.39 is 17.1 Å². The average Bonchev–Trinajstić information content (AvgIpc) is 3.14. The predicted molar refractivity (Wildman–Crippen MR) is 163 cm³/mol.